The highest BCUT2D eigenvalue weighted by molar-refractivity contribution is 9.10. The Morgan fingerprint density at radius 3 is 2.59 bits per heavy atom. The molecule has 0 saturated carbocycles. The van der Waals surface area contributed by atoms with Gasteiger partial charge in [0, 0.05) is 17.6 Å². The second-order valence-electron chi connectivity index (χ2n) is 6.65. The van der Waals surface area contributed by atoms with E-state index < -0.39 is 6.04 Å². The predicted molar refractivity (Wildman–Crippen MR) is 119 cm³/mol. The van der Waals surface area contributed by atoms with Gasteiger partial charge in [0.05, 0.1) is 5.02 Å². The Hall–Kier alpha value is -2.05. The molecule has 0 bridgehead atoms. The number of carbonyl (C=O) groups is 2. The van der Waals surface area contributed by atoms with Gasteiger partial charge in [-0.25, -0.2) is 0 Å². The van der Waals surface area contributed by atoms with Gasteiger partial charge in [-0.1, -0.05) is 64.8 Å². The van der Waals surface area contributed by atoms with E-state index in [2.05, 4.69) is 21.2 Å². The smallest absolute Gasteiger partial charge is 0.261 e. The molecule has 0 spiro atoms. The summed E-state index contributed by atoms with van der Waals surface area (Å²) in [6, 6.07) is 14.5. The Morgan fingerprint density at radius 1 is 1.21 bits per heavy atom. The van der Waals surface area contributed by atoms with Crippen LogP contribution in [0, 0.1) is 0 Å². The van der Waals surface area contributed by atoms with Crippen LogP contribution in [0.15, 0.2) is 53.0 Å². The molecule has 156 valence electrons. The number of carbonyl (C=O) groups excluding carboxylic acids is 2. The topological polar surface area (TPSA) is 58.6 Å². The lowest BCUT2D eigenvalue weighted by molar-refractivity contribution is -0.141. The number of halogens is 2. The molecule has 2 amide bonds. The summed E-state index contributed by atoms with van der Waals surface area (Å²) in [5, 5.41) is 3.27. The third-order valence-electron chi connectivity index (χ3n) is 4.45. The maximum atomic E-state index is 12.9. The number of amides is 2. The number of nitrogens with zero attached hydrogens (tertiary/aromatic N) is 1. The summed E-state index contributed by atoms with van der Waals surface area (Å²) in [4.78, 5) is 26.9. The molecular weight excluding hydrogens is 456 g/mol. The molecule has 0 aliphatic rings. The van der Waals surface area contributed by atoms with Crippen molar-refractivity contribution in [2.24, 2.45) is 0 Å². The van der Waals surface area contributed by atoms with Gasteiger partial charge in [-0.2, -0.15) is 0 Å². The first kappa shape index (κ1) is 23.2. The number of rotatable bonds is 10. The standard InChI is InChI=1S/C22H26BrClN2O3/c1-3-12-25-22(28)16(2)26(13-11-17-7-5-4-6-8-17)21(27)15-29-20-10-9-18(23)14-19(20)24/h4-10,14,16H,3,11-13,15H2,1-2H3,(H,25,28). The lowest BCUT2D eigenvalue weighted by Gasteiger charge is -2.28. The summed E-state index contributed by atoms with van der Waals surface area (Å²) in [6.45, 7) is 4.52. The highest BCUT2D eigenvalue weighted by Gasteiger charge is 2.26. The van der Waals surface area contributed by atoms with Crippen LogP contribution in [-0.2, 0) is 16.0 Å². The van der Waals surface area contributed by atoms with Crippen molar-refractivity contribution >= 4 is 39.3 Å². The van der Waals surface area contributed by atoms with Crippen molar-refractivity contribution in [1.82, 2.24) is 10.2 Å². The largest absolute Gasteiger partial charge is 0.482 e. The van der Waals surface area contributed by atoms with Crippen molar-refractivity contribution in [2.75, 3.05) is 19.7 Å². The SMILES string of the molecule is CCCNC(=O)C(C)N(CCc1ccccc1)C(=O)COc1ccc(Br)cc1Cl. The molecule has 0 heterocycles. The van der Waals surface area contributed by atoms with Gasteiger partial charge in [0.1, 0.15) is 11.8 Å². The number of hydrogen-bond donors (Lipinski definition) is 1. The van der Waals surface area contributed by atoms with Crippen molar-refractivity contribution in [3.63, 3.8) is 0 Å². The monoisotopic (exact) mass is 480 g/mol. The van der Waals surface area contributed by atoms with Gasteiger partial charge >= 0.3 is 0 Å². The van der Waals surface area contributed by atoms with E-state index in [1.54, 1.807) is 30.0 Å². The molecule has 2 aromatic carbocycles. The van der Waals surface area contributed by atoms with E-state index in [-0.39, 0.29) is 18.4 Å². The molecule has 0 radical (unpaired) electrons. The quantitative estimate of drug-likeness (QED) is 0.545. The first-order valence-corrected chi connectivity index (χ1v) is 10.8. The van der Waals surface area contributed by atoms with Crippen LogP contribution in [0.25, 0.3) is 0 Å². The van der Waals surface area contributed by atoms with E-state index in [1.165, 1.54) is 0 Å². The fourth-order valence-electron chi connectivity index (χ4n) is 2.78. The zero-order chi connectivity index (χ0) is 21.2. The third kappa shape index (κ3) is 7.37. The van der Waals surface area contributed by atoms with Crippen LogP contribution in [0.2, 0.25) is 5.02 Å². The molecule has 0 aromatic heterocycles. The first-order valence-electron chi connectivity index (χ1n) is 9.61. The van der Waals surface area contributed by atoms with E-state index in [1.807, 2.05) is 37.3 Å². The second-order valence-corrected chi connectivity index (χ2v) is 7.98. The summed E-state index contributed by atoms with van der Waals surface area (Å²) < 4.78 is 6.45. The molecular formula is C22H26BrClN2O3. The van der Waals surface area contributed by atoms with Crippen molar-refractivity contribution < 1.29 is 14.3 Å². The zero-order valence-electron chi connectivity index (χ0n) is 16.7. The molecule has 0 saturated heterocycles. The van der Waals surface area contributed by atoms with Crippen LogP contribution in [0.1, 0.15) is 25.8 Å². The van der Waals surface area contributed by atoms with Crippen LogP contribution in [-0.4, -0.2) is 42.5 Å². The molecule has 29 heavy (non-hydrogen) atoms. The lowest BCUT2D eigenvalue weighted by Crippen LogP contribution is -2.50. The number of hydrogen-bond acceptors (Lipinski definition) is 3. The van der Waals surface area contributed by atoms with Crippen molar-refractivity contribution in [3.05, 3.63) is 63.6 Å². The molecule has 5 nitrogen and oxygen atoms in total. The van der Waals surface area contributed by atoms with Gasteiger partial charge in [-0.15, -0.1) is 0 Å². The van der Waals surface area contributed by atoms with Gasteiger partial charge in [0.15, 0.2) is 6.61 Å². The minimum Gasteiger partial charge on any atom is -0.482 e. The fraction of sp³-hybridized carbons (Fsp3) is 0.364. The Morgan fingerprint density at radius 2 is 1.93 bits per heavy atom. The van der Waals surface area contributed by atoms with E-state index >= 15 is 0 Å². The average Bonchev–Trinajstić information content (AvgIpc) is 2.72. The van der Waals surface area contributed by atoms with E-state index in [0.717, 1.165) is 16.5 Å². The maximum absolute atomic E-state index is 12.9. The van der Waals surface area contributed by atoms with Crippen LogP contribution in [0.4, 0.5) is 0 Å². The van der Waals surface area contributed by atoms with Gasteiger partial charge in [0.25, 0.3) is 5.91 Å². The molecule has 1 atom stereocenters. The molecule has 0 aliphatic heterocycles. The lowest BCUT2D eigenvalue weighted by atomic mass is 10.1. The minimum atomic E-state index is -0.596. The van der Waals surface area contributed by atoms with Crippen LogP contribution >= 0.6 is 27.5 Å². The van der Waals surface area contributed by atoms with Gasteiger partial charge < -0.3 is 15.0 Å². The van der Waals surface area contributed by atoms with Gasteiger partial charge in [0.2, 0.25) is 5.91 Å². The average molecular weight is 482 g/mol. The summed E-state index contributed by atoms with van der Waals surface area (Å²) in [5.74, 6) is -0.0108. The Balaban J connectivity index is 2.07. The number of nitrogens with one attached hydrogen (secondary N) is 1. The molecule has 1 unspecified atom stereocenters. The summed E-state index contributed by atoms with van der Waals surface area (Å²) >= 11 is 9.50. The summed E-state index contributed by atoms with van der Waals surface area (Å²) in [5.41, 5.74) is 1.10. The molecule has 0 fully saturated rings. The minimum absolute atomic E-state index is 0.171. The highest BCUT2D eigenvalue weighted by atomic mass is 79.9. The van der Waals surface area contributed by atoms with Gasteiger partial charge in [-0.3, -0.25) is 9.59 Å². The Bertz CT molecular complexity index is 817. The molecule has 2 aromatic rings. The zero-order valence-corrected chi connectivity index (χ0v) is 19.0. The van der Waals surface area contributed by atoms with E-state index in [4.69, 9.17) is 16.3 Å². The Kier molecular flexibility index (Phi) is 9.48. The fourth-order valence-corrected chi connectivity index (χ4v) is 3.51. The number of benzene rings is 2. The number of ether oxygens (including phenoxy) is 1. The Labute approximate surface area is 185 Å². The molecule has 7 heteroatoms. The highest BCUT2D eigenvalue weighted by Crippen LogP contribution is 2.27. The van der Waals surface area contributed by atoms with Crippen LogP contribution < -0.4 is 10.1 Å². The van der Waals surface area contributed by atoms with E-state index in [9.17, 15) is 9.59 Å². The first-order chi connectivity index (χ1) is 13.9. The summed E-state index contributed by atoms with van der Waals surface area (Å²) in [7, 11) is 0. The van der Waals surface area contributed by atoms with Crippen LogP contribution in [0.5, 0.6) is 5.75 Å². The van der Waals surface area contributed by atoms with E-state index in [0.29, 0.717) is 30.3 Å². The predicted octanol–water partition coefficient (Wildman–Crippen LogP) is 4.47. The summed E-state index contributed by atoms with van der Waals surface area (Å²) in [6.07, 6.45) is 1.48. The molecule has 0 aliphatic carbocycles. The van der Waals surface area contributed by atoms with Crippen molar-refractivity contribution in [3.8, 4) is 5.75 Å². The van der Waals surface area contributed by atoms with Crippen molar-refractivity contribution in [2.45, 2.75) is 32.7 Å². The molecule has 1 N–H and O–H groups in total. The van der Waals surface area contributed by atoms with Crippen LogP contribution in [0.3, 0.4) is 0 Å². The second kappa shape index (κ2) is 11.8. The van der Waals surface area contributed by atoms with Gasteiger partial charge in [-0.05, 0) is 43.5 Å². The normalized spacial score (nSPS) is 11.6. The maximum Gasteiger partial charge on any atom is 0.261 e. The van der Waals surface area contributed by atoms with Crippen molar-refractivity contribution in [1.29, 1.82) is 0 Å². The third-order valence-corrected chi connectivity index (χ3v) is 5.23. The molecule has 2 rings (SSSR count).